The molecule has 0 spiro atoms. The third kappa shape index (κ3) is 4.36. The van der Waals surface area contributed by atoms with Crippen LogP contribution in [0, 0.1) is 6.92 Å². The third-order valence-electron chi connectivity index (χ3n) is 5.65. The van der Waals surface area contributed by atoms with Crippen LogP contribution in [0.25, 0.3) is 11.0 Å². The Balaban J connectivity index is 1.39. The molecule has 2 aromatic heterocycles. The molecule has 0 radical (unpaired) electrons. The van der Waals surface area contributed by atoms with Crippen molar-refractivity contribution in [2.75, 3.05) is 37.6 Å². The van der Waals surface area contributed by atoms with Gasteiger partial charge in [-0.05, 0) is 25.1 Å². The summed E-state index contributed by atoms with van der Waals surface area (Å²) in [6, 6.07) is 11.5. The Labute approximate surface area is 177 Å². The Morgan fingerprint density at radius 3 is 2.23 bits per heavy atom. The fourth-order valence-electron chi connectivity index (χ4n) is 3.81. The van der Waals surface area contributed by atoms with E-state index in [9.17, 15) is 4.79 Å². The van der Waals surface area contributed by atoms with Crippen LogP contribution in [-0.2, 0) is 12.0 Å². The zero-order valence-corrected chi connectivity index (χ0v) is 18.3. The number of nitrogens with zero attached hydrogens (tertiary/aromatic N) is 6. The predicted octanol–water partition coefficient (Wildman–Crippen LogP) is 2.61. The number of rotatable bonds is 4. The summed E-state index contributed by atoms with van der Waals surface area (Å²) in [6.45, 7) is 13.5. The summed E-state index contributed by atoms with van der Waals surface area (Å²) < 4.78 is 1.60. The molecule has 0 N–H and O–H groups in total. The van der Waals surface area contributed by atoms with Crippen molar-refractivity contribution in [2.45, 2.75) is 39.7 Å². The Morgan fingerprint density at radius 2 is 1.57 bits per heavy atom. The van der Waals surface area contributed by atoms with Gasteiger partial charge in [-0.2, -0.15) is 5.10 Å². The van der Waals surface area contributed by atoms with Gasteiger partial charge in [-0.15, -0.1) is 0 Å². The molecule has 0 amide bonds. The van der Waals surface area contributed by atoms with Crippen molar-refractivity contribution >= 4 is 16.9 Å². The molecule has 0 atom stereocenters. The first kappa shape index (κ1) is 20.5. The van der Waals surface area contributed by atoms with Crippen molar-refractivity contribution in [3.05, 3.63) is 58.1 Å². The van der Waals surface area contributed by atoms with Crippen molar-refractivity contribution < 1.29 is 0 Å². The first-order chi connectivity index (χ1) is 14.3. The Morgan fingerprint density at radius 1 is 0.900 bits per heavy atom. The molecule has 0 aliphatic carbocycles. The molecule has 1 aliphatic rings. The Kier molecular flexibility index (Phi) is 5.56. The van der Waals surface area contributed by atoms with Gasteiger partial charge in [0.05, 0.1) is 29.0 Å². The van der Waals surface area contributed by atoms with Gasteiger partial charge in [0.2, 0.25) is 0 Å². The lowest BCUT2D eigenvalue weighted by Crippen LogP contribution is -2.48. The fraction of sp³-hybridized carbons (Fsp3) is 0.478. The van der Waals surface area contributed by atoms with Crippen LogP contribution < -0.4 is 10.5 Å². The van der Waals surface area contributed by atoms with E-state index in [1.807, 2.05) is 37.3 Å². The van der Waals surface area contributed by atoms with Crippen LogP contribution in [0.1, 0.15) is 32.2 Å². The van der Waals surface area contributed by atoms with E-state index in [4.69, 9.17) is 9.97 Å². The molecule has 7 heteroatoms. The monoisotopic (exact) mass is 406 g/mol. The van der Waals surface area contributed by atoms with E-state index in [0.29, 0.717) is 6.54 Å². The van der Waals surface area contributed by atoms with E-state index in [1.54, 1.807) is 10.7 Å². The minimum absolute atomic E-state index is 0.0382. The number of aromatic nitrogens is 4. The van der Waals surface area contributed by atoms with E-state index < -0.39 is 0 Å². The summed E-state index contributed by atoms with van der Waals surface area (Å²) in [5, 5.41) is 4.58. The van der Waals surface area contributed by atoms with Crippen LogP contribution >= 0.6 is 0 Å². The van der Waals surface area contributed by atoms with E-state index in [-0.39, 0.29) is 11.0 Å². The van der Waals surface area contributed by atoms with Gasteiger partial charge in [-0.25, -0.2) is 14.6 Å². The molecule has 7 nitrogen and oxygen atoms in total. The highest BCUT2D eigenvalue weighted by Crippen LogP contribution is 2.21. The second-order valence-electron chi connectivity index (χ2n) is 8.98. The smallest absolute Gasteiger partial charge is 0.266 e. The van der Waals surface area contributed by atoms with E-state index in [1.165, 1.54) is 0 Å². The number of hydrogen-bond acceptors (Lipinski definition) is 6. The predicted molar refractivity (Wildman–Crippen MR) is 120 cm³/mol. The van der Waals surface area contributed by atoms with E-state index in [2.05, 4.69) is 35.7 Å². The van der Waals surface area contributed by atoms with Crippen molar-refractivity contribution in [3.8, 4) is 0 Å². The van der Waals surface area contributed by atoms with Gasteiger partial charge in [0.1, 0.15) is 0 Å². The zero-order chi connectivity index (χ0) is 21.3. The number of anilines is 1. The quantitative estimate of drug-likeness (QED) is 0.664. The van der Waals surface area contributed by atoms with Crippen molar-refractivity contribution in [2.24, 2.45) is 0 Å². The van der Waals surface area contributed by atoms with E-state index in [0.717, 1.165) is 61.0 Å². The van der Waals surface area contributed by atoms with Gasteiger partial charge in [-0.3, -0.25) is 9.69 Å². The summed E-state index contributed by atoms with van der Waals surface area (Å²) in [6.07, 6.45) is 0. The van der Waals surface area contributed by atoms with Gasteiger partial charge in [0, 0.05) is 44.2 Å². The zero-order valence-electron chi connectivity index (χ0n) is 18.3. The lowest BCUT2D eigenvalue weighted by Gasteiger charge is -2.35. The Bertz CT molecular complexity index is 1090. The topological polar surface area (TPSA) is 67.2 Å². The van der Waals surface area contributed by atoms with Crippen molar-refractivity contribution in [1.82, 2.24) is 24.6 Å². The minimum atomic E-state index is -0.0696. The maximum Gasteiger partial charge on any atom is 0.266 e. The number of aryl methyl sites for hydroxylation is 1. The molecule has 0 unspecified atom stereocenters. The molecular weight excluding hydrogens is 376 g/mol. The van der Waals surface area contributed by atoms with Crippen molar-refractivity contribution in [3.63, 3.8) is 0 Å². The maximum atomic E-state index is 12.2. The molecule has 4 rings (SSSR count). The van der Waals surface area contributed by atoms with Crippen LogP contribution in [0.2, 0.25) is 0 Å². The number of fused-ring (bicyclic) bond motifs is 1. The molecular formula is C23H30N6O. The maximum absolute atomic E-state index is 12.2. The first-order valence-electron chi connectivity index (χ1n) is 10.6. The largest absolute Gasteiger partial charge is 0.353 e. The average Bonchev–Trinajstić information content (AvgIpc) is 2.72. The highest BCUT2D eigenvalue weighted by Gasteiger charge is 2.21. The SMILES string of the molecule is Cc1nc2ccccc2nc1N1CCN(CCn2nc(C(C)(C)C)ccc2=O)CC1. The van der Waals surface area contributed by atoms with Crippen LogP contribution in [0.5, 0.6) is 0 Å². The highest BCUT2D eigenvalue weighted by molar-refractivity contribution is 5.76. The van der Waals surface area contributed by atoms with Gasteiger partial charge in [-0.1, -0.05) is 32.9 Å². The number of para-hydroxylation sites is 2. The molecule has 3 heterocycles. The normalized spacial score (nSPS) is 15.7. The van der Waals surface area contributed by atoms with Gasteiger partial charge in [0.25, 0.3) is 5.56 Å². The third-order valence-corrected chi connectivity index (χ3v) is 5.65. The van der Waals surface area contributed by atoms with Crippen LogP contribution in [0.4, 0.5) is 5.82 Å². The Hall–Kier alpha value is -2.80. The number of hydrogen-bond donors (Lipinski definition) is 0. The van der Waals surface area contributed by atoms with Crippen LogP contribution in [0.15, 0.2) is 41.2 Å². The molecule has 0 bridgehead atoms. The van der Waals surface area contributed by atoms with Crippen molar-refractivity contribution in [1.29, 1.82) is 0 Å². The fourth-order valence-corrected chi connectivity index (χ4v) is 3.81. The standard InChI is InChI=1S/C23H30N6O/c1-17-22(25-19-8-6-5-7-18(19)24-17)28-14-11-27(12-15-28)13-16-29-21(30)10-9-20(26-29)23(2,3)4/h5-10H,11-16H2,1-4H3. The lowest BCUT2D eigenvalue weighted by molar-refractivity contribution is 0.241. The van der Waals surface area contributed by atoms with E-state index >= 15 is 0 Å². The number of piperazine rings is 1. The lowest BCUT2D eigenvalue weighted by atomic mass is 9.92. The summed E-state index contributed by atoms with van der Waals surface area (Å²) in [4.78, 5) is 26.5. The molecule has 1 aliphatic heterocycles. The minimum Gasteiger partial charge on any atom is -0.353 e. The van der Waals surface area contributed by atoms with Crippen LogP contribution in [-0.4, -0.2) is 57.4 Å². The average molecular weight is 407 g/mol. The molecule has 30 heavy (non-hydrogen) atoms. The van der Waals surface area contributed by atoms with Gasteiger partial charge in [0.15, 0.2) is 5.82 Å². The molecule has 1 aromatic carbocycles. The van der Waals surface area contributed by atoms with Gasteiger partial charge >= 0.3 is 0 Å². The summed E-state index contributed by atoms with van der Waals surface area (Å²) in [5.41, 5.74) is 3.68. The van der Waals surface area contributed by atoms with Gasteiger partial charge < -0.3 is 4.90 Å². The summed E-state index contributed by atoms with van der Waals surface area (Å²) in [5.74, 6) is 0.976. The summed E-state index contributed by atoms with van der Waals surface area (Å²) >= 11 is 0. The van der Waals surface area contributed by atoms with Crippen LogP contribution in [0.3, 0.4) is 0 Å². The molecule has 1 fully saturated rings. The highest BCUT2D eigenvalue weighted by atomic mass is 16.1. The molecule has 158 valence electrons. The first-order valence-corrected chi connectivity index (χ1v) is 10.6. The number of benzene rings is 1. The second-order valence-corrected chi connectivity index (χ2v) is 8.98. The molecule has 0 saturated carbocycles. The molecule has 1 saturated heterocycles. The second kappa shape index (κ2) is 8.14. The summed E-state index contributed by atoms with van der Waals surface area (Å²) in [7, 11) is 0. The molecule has 3 aromatic rings.